The van der Waals surface area contributed by atoms with Crippen molar-refractivity contribution >= 4 is 11.9 Å². The van der Waals surface area contributed by atoms with Crippen molar-refractivity contribution in [3.05, 3.63) is 18.0 Å². The Kier molecular flexibility index (Phi) is 2.91. The van der Waals surface area contributed by atoms with E-state index >= 15 is 0 Å². The van der Waals surface area contributed by atoms with Gasteiger partial charge in [-0.15, -0.1) is 0 Å². The van der Waals surface area contributed by atoms with Crippen molar-refractivity contribution in [1.82, 2.24) is 14.1 Å². The van der Waals surface area contributed by atoms with Crippen LogP contribution in [-0.4, -0.2) is 40.0 Å². The molecule has 5 heteroatoms. The third kappa shape index (κ3) is 2.12. The Morgan fingerprint density at radius 3 is 3.12 bits per heavy atom. The third-order valence-electron chi connectivity index (χ3n) is 3.20. The molecule has 1 aliphatic carbocycles. The molecule has 16 heavy (non-hydrogen) atoms. The van der Waals surface area contributed by atoms with Gasteiger partial charge < -0.3 is 4.74 Å². The van der Waals surface area contributed by atoms with E-state index in [1.807, 2.05) is 6.20 Å². The maximum absolute atomic E-state index is 5.80. The molecule has 0 aromatic carbocycles. The molecule has 2 aliphatic rings. The highest BCUT2D eigenvalue weighted by Gasteiger charge is 2.27. The predicted molar refractivity (Wildman–Crippen MR) is 64.3 cm³/mol. The first-order chi connectivity index (χ1) is 7.86. The summed E-state index contributed by atoms with van der Waals surface area (Å²) in [6.07, 6.45) is 9.01. The summed E-state index contributed by atoms with van der Waals surface area (Å²) in [4.78, 5) is 0. The zero-order valence-electron chi connectivity index (χ0n) is 9.50. The van der Waals surface area contributed by atoms with Crippen LogP contribution in [0.4, 0.5) is 0 Å². The van der Waals surface area contributed by atoms with E-state index in [0.29, 0.717) is 6.04 Å². The van der Waals surface area contributed by atoms with E-state index in [1.165, 1.54) is 18.4 Å². The largest absolute Gasteiger partial charge is 0.371 e. The lowest BCUT2D eigenvalue weighted by Crippen LogP contribution is -2.33. The van der Waals surface area contributed by atoms with E-state index in [4.69, 9.17) is 4.74 Å². The van der Waals surface area contributed by atoms with Crippen LogP contribution in [-0.2, 0) is 4.74 Å². The van der Waals surface area contributed by atoms with Crippen molar-refractivity contribution in [1.29, 1.82) is 0 Å². The van der Waals surface area contributed by atoms with Crippen LogP contribution in [0.5, 0.6) is 0 Å². The lowest BCUT2D eigenvalue weighted by molar-refractivity contribution is 0.000635. The standard InChI is InChI=1S/C11H17N3OS/c1-16-13-4-5-15-11(8-13)9-6-12-14(7-9)10-2-3-10/h6-7,10-11H,2-5,8H2,1H3. The minimum absolute atomic E-state index is 0.202. The number of aromatic nitrogens is 2. The Hall–Kier alpha value is -0.520. The highest BCUT2D eigenvalue weighted by atomic mass is 32.2. The monoisotopic (exact) mass is 239 g/mol. The lowest BCUT2D eigenvalue weighted by Gasteiger charge is -2.30. The number of hydrogen-bond acceptors (Lipinski definition) is 4. The molecule has 0 spiro atoms. The average Bonchev–Trinajstić information content (AvgIpc) is 3.07. The Labute approximate surface area is 100 Å². The van der Waals surface area contributed by atoms with Crippen LogP contribution < -0.4 is 0 Å². The lowest BCUT2D eigenvalue weighted by atomic mass is 10.2. The van der Waals surface area contributed by atoms with Gasteiger partial charge in [0.05, 0.1) is 24.9 Å². The molecular formula is C11H17N3OS. The van der Waals surface area contributed by atoms with E-state index in [0.717, 1.165) is 19.7 Å². The summed E-state index contributed by atoms with van der Waals surface area (Å²) in [5.41, 5.74) is 1.23. The molecule has 0 N–H and O–H groups in total. The molecule has 4 nitrogen and oxygen atoms in total. The second-order valence-corrected chi connectivity index (χ2v) is 5.30. The molecule has 88 valence electrons. The fourth-order valence-electron chi connectivity index (χ4n) is 2.05. The number of nitrogens with zero attached hydrogens (tertiary/aromatic N) is 3. The Balaban J connectivity index is 1.70. The van der Waals surface area contributed by atoms with Gasteiger partial charge in [-0.3, -0.25) is 4.68 Å². The average molecular weight is 239 g/mol. The maximum atomic E-state index is 5.80. The molecule has 2 heterocycles. The number of hydrogen-bond donors (Lipinski definition) is 0. The summed E-state index contributed by atoms with van der Waals surface area (Å²) in [6, 6.07) is 0.661. The molecule has 1 aromatic heterocycles. The number of ether oxygens (including phenoxy) is 1. The fourth-order valence-corrected chi connectivity index (χ4v) is 2.59. The van der Waals surface area contributed by atoms with Crippen molar-refractivity contribution in [2.45, 2.75) is 25.0 Å². The molecule has 1 aromatic rings. The molecule has 0 amide bonds. The van der Waals surface area contributed by atoms with E-state index in [1.54, 1.807) is 11.9 Å². The Morgan fingerprint density at radius 2 is 2.38 bits per heavy atom. The van der Waals surface area contributed by atoms with Gasteiger partial charge in [0.25, 0.3) is 0 Å². The SMILES string of the molecule is CSN1CCOC(c2cnn(C3CC3)c2)C1. The van der Waals surface area contributed by atoms with Crippen molar-refractivity contribution in [2.24, 2.45) is 0 Å². The second-order valence-electron chi connectivity index (χ2n) is 4.41. The van der Waals surface area contributed by atoms with Crippen LogP contribution >= 0.6 is 11.9 Å². The van der Waals surface area contributed by atoms with Gasteiger partial charge in [0.1, 0.15) is 0 Å². The van der Waals surface area contributed by atoms with Crippen LogP contribution in [0.3, 0.4) is 0 Å². The molecule has 1 saturated carbocycles. The molecule has 1 aliphatic heterocycles. The number of rotatable bonds is 3. The second kappa shape index (κ2) is 4.39. The van der Waals surface area contributed by atoms with Gasteiger partial charge >= 0.3 is 0 Å². The normalized spacial score (nSPS) is 27.2. The van der Waals surface area contributed by atoms with Gasteiger partial charge in [-0.2, -0.15) is 5.10 Å². The summed E-state index contributed by atoms with van der Waals surface area (Å²) in [5, 5.41) is 4.42. The molecule has 0 bridgehead atoms. The molecule has 1 unspecified atom stereocenters. The molecule has 2 fully saturated rings. The van der Waals surface area contributed by atoms with Gasteiger partial charge in [-0.05, 0) is 19.1 Å². The van der Waals surface area contributed by atoms with E-state index in [2.05, 4.69) is 26.5 Å². The van der Waals surface area contributed by atoms with E-state index < -0.39 is 0 Å². The molecule has 0 radical (unpaired) electrons. The predicted octanol–water partition coefficient (Wildman–Crippen LogP) is 1.87. The summed E-state index contributed by atoms with van der Waals surface area (Å²) in [6.45, 7) is 2.81. The first kappa shape index (κ1) is 10.6. The zero-order chi connectivity index (χ0) is 11.0. The fraction of sp³-hybridized carbons (Fsp3) is 0.727. The van der Waals surface area contributed by atoms with E-state index in [9.17, 15) is 0 Å². The van der Waals surface area contributed by atoms with Crippen LogP contribution in [0.2, 0.25) is 0 Å². The molecule has 3 rings (SSSR count). The van der Waals surface area contributed by atoms with Crippen LogP contribution in [0, 0.1) is 0 Å². The first-order valence-electron chi connectivity index (χ1n) is 5.81. The summed E-state index contributed by atoms with van der Waals surface area (Å²) in [7, 11) is 0. The first-order valence-corrected chi connectivity index (χ1v) is 6.99. The van der Waals surface area contributed by atoms with Crippen LogP contribution in [0.25, 0.3) is 0 Å². The summed E-state index contributed by atoms with van der Waals surface area (Å²) in [5.74, 6) is 0. The molecular weight excluding hydrogens is 222 g/mol. The van der Waals surface area contributed by atoms with E-state index in [-0.39, 0.29) is 6.10 Å². The minimum Gasteiger partial charge on any atom is -0.371 e. The summed E-state index contributed by atoms with van der Waals surface area (Å²) < 4.78 is 10.2. The Morgan fingerprint density at radius 1 is 1.50 bits per heavy atom. The van der Waals surface area contributed by atoms with Gasteiger partial charge in [0, 0.05) is 24.8 Å². The van der Waals surface area contributed by atoms with Gasteiger partial charge in [0.2, 0.25) is 0 Å². The van der Waals surface area contributed by atoms with Gasteiger partial charge in [-0.25, -0.2) is 4.31 Å². The molecule has 1 atom stereocenters. The van der Waals surface area contributed by atoms with Crippen molar-refractivity contribution in [2.75, 3.05) is 26.0 Å². The van der Waals surface area contributed by atoms with Gasteiger partial charge in [-0.1, -0.05) is 11.9 Å². The van der Waals surface area contributed by atoms with Crippen LogP contribution in [0.1, 0.15) is 30.6 Å². The zero-order valence-corrected chi connectivity index (χ0v) is 10.3. The topological polar surface area (TPSA) is 30.3 Å². The maximum Gasteiger partial charge on any atom is 0.0992 e. The van der Waals surface area contributed by atoms with Crippen molar-refractivity contribution in [3.63, 3.8) is 0 Å². The number of morpholine rings is 1. The highest BCUT2D eigenvalue weighted by molar-refractivity contribution is 7.96. The van der Waals surface area contributed by atoms with Gasteiger partial charge in [0.15, 0.2) is 0 Å². The summed E-state index contributed by atoms with van der Waals surface area (Å²) >= 11 is 1.80. The smallest absolute Gasteiger partial charge is 0.0992 e. The Bertz CT molecular complexity index is 364. The van der Waals surface area contributed by atoms with Crippen molar-refractivity contribution in [3.8, 4) is 0 Å². The third-order valence-corrected chi connectivity index (χ3v) is 4.05. The quantitative estimate of drug-likeness (QED) is 0.753. The van der Waals surface area contributed by atoms with Crippen LogP contribution in [0.15, 0.2) is 12.4 Å². The van der Waals surface area contributed by atoms with Crippen molar-refractivity contribution < 1.29 is 4.74 Å². The molecule has 1 saturated heterocycles. The highest BCUT2D eigenvalue weighted by Crippen LogP contribution is 2.35. The minimum atomic E-state index is 0.202.